The molecular formula is C22H18N2O3. The summed E-state index contributed by atoms with van der Waals surface area (Å²) in [4.78, 5) is 12.4. The lowest BCUT2D eigenvalue weighted by Crippen LogP contribution is -2.16. The first-order valence-corrected chi connectivity index (χ1v) is 8.69. The van der Waals surface area contributed by atoms with E-state index in [1.165, 1.54) is 0 Å². The van der Waals surface area contributed by atoms with E-state index in [2.05, 4.69) is 10.5 Å². The van der Waals surface area contributed by atoms with Crippen molar-refractivity contribution in [3.8, 4) is 11.5 Å². The van der Waals surface area contributed by atoms with Gasteiger partial charge < -0.3 is 9.84 Å². The van der Waals surface area contributed by atoms with Crippen LogP contribution in [0.25, 0.3) is 0 Å². The number of nitrogens with one attached hydrogen (secondary N) is 1. The van der Waals surface area contributed by atoms with Crippen molar-refractivity contribution in [3.05, 3.63) is 90.0 Å². The van der Waals surface area contributed by atoms with Gasteiger partial charge >= 0.3 is 5.97 Å². The number of hydrazone groups is 1. The first kappa shape index (κ1) is 16.8. The molecule has 1 heterocycles. The standard InChI is InChI=1S/C22H18N2O3/c25-20-12-6-4-11-17(20)19(24-23-15-8-2-1-3-9-15)14-18-16-10-5-7-13-21(16)27-22(18)26/h1-13,18,23,25H,14H2/b24-19+. The van der Waals surface area contributed by atoms with Gasteiger partial charge in [0.2, 0.25) is 0 Å². The Morgan fingerprint density at radius 3 is 2.48 bits per heavy atom. The lowest BCUT2D eigenvalue weighted by Gasteiger charge is -2.13. The highest BCUT2D eigenvalue weighted by atomic mass is 16.5. The van der Waals surface area contributed by atoms with Crippen molar-refractivity contribution in [1.29, 1.82) is 0 Å². The molecule has 5 heteroatoms. The van der Waals surface area contributed by atoms with E-state index in [-0.39, 0.29) is 11.7 Å². The molecule has 2 N–H and O–H groups in total. The van der Waals surface area contributed by atoms with Crippen LogP contribution >= 0.6 is 0 Å². The minimum absolute atomic E-state index is 0.116. The van der Waals surface area contributed by atoms with E-state index in [0.717, 1.165) is 11.3 Å². The number of hydrogen-bond acceptors (Lipinski definition) is 5. The van der Waals surface area contributed by atoms with Gasteiger partial charge in [0.1, 0.15) is 11.5 Å². The zero-order valence-corrected chi connectivity index (χ0v) is 14.5. The first-order valence-electron chi connectivity index (χ1n) is 8.69. The van der Waals surface area contributed by atoms with Crippen LogP contribution in [0.1, 0.15) is 23.5 Å². The average molecular weight is 358 g/mol. The highest BCUT2D eigenvalue weighted by Gasteiger charge is 2.34. The molecule has 3 aromatic carbocycles. The molecule has 0 bridgehead atoms. The Balaban J connectivity index is 1.68. The summed E-state index contributed by atoms with van der Waals surface area (Å²) < 4.78 is 5.37. The molecule has 0 saturated carbocycles. The molecule has 1 atom stereocenters. The Bertz CT molecular complexity index is 999. The Labute approximate surface area is 156 Å². The van der Waals surface area contributed by atoms with E-state index >= 15 is 0 Å². The fraction of sp³-hybridized carbons (Fsp3) is 0.0909. The van der Waals surface area contributed by atoms with Gasteiger partial charge in [-0.15, -0.1) is 0 Å². The van der Waals surface area contributed by atoms with Crippen LogP contribution in [0.5, 0.6) is 11.5 Å². The molecule has 0 amide bonds. The SMILES string of the molecule is O=C1Oc2ccccc2C1C/C(=N\Nc1ccccc1)c1ccccc1O. The van der Waals surface area contributed by atoms with Crippen LogP contribution < -0.4 is 10.2 Å². The Kier molecular flexibility index (Phi) is 4.58. The smallest absolute Gasteiger partial charge is 0.319 e. The van der Waals surface area contributed by atoms with Gasteiger partial charge in [-0.3, -0.25) is 10.2 Å². The number of aromatic hydroxyl groups is 1. The second-order valence-electron chi connectivity index (χ2n) is 6.27. The molecule has 3 aromatic rings. The fourth-order valence-corrected chi connectivity index (χ4v) is 3.13. The van der Waals surface area contributed by atoms with Crippen LogP contribution in [0.3, 0.4) is 0 Å². The van der Waals surface area contributed by atoms with Crippen molar-refractivity contribution < 1.29 is 14.6 Å². The van der Waals surface area contributed by atoms with Crippen molar-refractivity contribution in [2.45, 2.75) is 12.3 Å². The van der Waals surface area contributed by atoms with Gasteiger partial charge in [0, 0.05) is 17.5 Å². The zero-order valence-electron chi connectivity index (χ0n) is 14.5. The number of esters is 1. The second kappa shape index (κ2) is 7.33. The molecular weight excluding hydrogens is 340 g/mol. The Morgan fingerprint density at radius 1 is 0.963 bits per heavy atom. The monoisotopic (exact) mass is 358 g/mol. The van der Waals surface area contributed by atoms with Gasteiger partial charge in [-0.2, -0.15) is 5.10 Å². The molecule has 5 nitrogen and oxygen atoms in total. The molecule has 1 unspecified atom stereocenters. The normalized spacial score (nSPS) is 15.9. The number of para-hydroxylation sites is 3. The third-order valence-electron chi connectivity index (χ3n) is 4.50. The van der Waals surface area contributed by atoms with E-state index in [0.29, 0.717) is 23.4 Å². The third-order valence-corrected chi connectivity index (χ3v) is 4.50. The van der Waals surface area contributed by atoms with Crippen LogP contribution in [0.4, 0.5) is 5.69 Å². The number of ether oxygens (including phenoxy) is 1. The van der Waals surface area contributed by atoms with Gasteiger partial charge in [0.25, 0.3) is 0 Å². The Morgan fingerprint density at radius 2 is 1.67 bits per heavy atom. The average Bonchev–Trinajstić information content (AvgIpc) is 3.01. The van der Waals surface area contributed by atoms with Crippen LogP contribution in [-0.2, 0) is 4.79 Å². The first-order chi connectivity index (χ1) is 13.2. The van der Waals surface area contributed by atoms with E-state index in [9.17, 15) is 9.90 Å². The van der Waals surface area contributed by atoms with Gasteiger partial charge in [-0.25, -0.2) is 0 Å². The highest BCUT2D eigenvalue weighted by Crippen LogP contribution is 2.38. The highest BCUT2D eigenvalue weighted by molar-refractivity contribution is 6.06. The summed E-state index contributed by atoms with van der Waals surface area (Å²) in [6.45, 7) is 0. The maximum atomic E-state index is 12.4. The topological polar surface area (TPSA) is 70.9 Å². The number of nitrogens with zero attached hydrogens (tertiary/aromatic N) is 1. The van der Waals surface area contributed by atoms with Crippen molar-refractivity contribution in [1.82, 2.24) is 0 Å². The quantitative estimate of drug-likeness (QED) is 0.309. The number of carbonyl (C=O) groups excluding carboxylic acids is 1. The lowest BCUT2D eigenvalue weighted by atomic mass is 9.92. The number of anilines is 1. The summed E-state index contributed by atoms with van der Waals surface area (Å²) in [5.74, 6) is -0.0675. The molecule has 0 fully saturated rings. The second-order valence-corrected chi connectivity index (χ2v) is 6.27. The predicted molar refractivity (Wildman–Crippen MR) is 104 cm³/mol. The van der Waals surface area contributed by atoms with Crippen molar-refractivity contribution in [2.24, 2.45) is 5.10 Å². The van der Waals surface area contributed by atoms with Crippen LogP contribution in [0, 0.1) is 0 Å². The maximum Gasteiger partial charge on any atom is 0.319 e. The summed E-state index contributed by atoms with van der Waals surface area (Å²) in [6.07, 6.45) is 0.313. The third kappa shape index (κ3) is 3.53. The molecule has 4 rings (SSSR count). The fourth-order valence-electron chi connectivity index (χ4n) is 3.13. The molecule has 0 saturated heterocycles. The summed E-state index contributed by atoms with van der Waals surface area (Å²) in [7, 11) is 0. The summed E-state index contributed by atoms with van der Waals surface area (Å²) in [5, 5.41) is 14.8. The zero-order chi connectivity index (χ0) is 18.6. The molecule has 1 aliphatic rings. The van der Waals surface area contributed by atoms with Gasteiger partial charge in [-0.05, 0) is 30.3 Å². The number of phenolic OH excluding ortho intramolecular Hbond substituents is 1. The van der Waals surface area contributed by atoms with Gasteiger partial charge in [0.05, 0.1) is 17.3 Å². The Hall–Kier alpha value is -3.60. The number of carbonyl (C=O) groups is 1. The van der Waals surface area contributed by atoms with Crippen LogP contribution in [-0.4, -0.2) is 16.8 Å². The maximum absolute atomic E-state index is 12.4. The van der Waals surface area contributed by atoms with Crippen molar-refractivity contribution in [3.63, 3.8) is 0 Å². The van der Waals surface area contributed by atoms with Crippen molar-refractivity contribution in [2.75, 3.05) is 5.43 Å². The minimum Gasteiger partial charge on any atom is -0.507 e. The van der Waals surface area contributed by atoms with Gasteiger partial charge in [-0.1, -0.05) is 48.5 Å². The summed E-state index contributed by atoms with van der Waals surface area (Å²) in [6, 6.07) is 23.9. The predicted octanol–water partition coefficient (Wildman–Crippen LogP) is 4.30. The molecule has 1 aliphatic heterocycles. The number of hydrogen-bond donors (Lipinski definition) is 2. The molecule has 0 aliphatic carbocycles. The van der Waals surface area contributed by atoms with E-state index < -0.39 is 5.92 Å². The van der Waals surface area contributed by atoms with Crippen LogP contribution in [0.2, 0.25) is 0 Å². The van der Waals surface area contributed by atoms with Gasteiger partial charge in [0.15, 0.2) is 0 Å². The molecule has 0 radical (unpaired) electrons. The number of fused-ring (bicyclic) bond motifs is 1. The number of benzene rings is 3. The van der Waals surface area contributed by atoms with E-state index in [4.69, 9.17) is 4.74 Å². The number of rotatable bonds is 5. The van der Waals surface area contributed by atoms with Crippen molar-refractivity contribution >= 4 is 17.4 Å². The number of phenols is 1. The largest absolute Gasteiger partial charge is 0.507 e. The molecule has 0 spiro atoms. The molecule has 134 valence electrons. The molecule has 0 aromatic heterocycles. The minimum atomic E-state index is -0.461. The summed E-state index contributed by atoms with van der Waals surface area (Å²) >= 11 is 0. The van der Waals surface area contributed by atoms with E-state index in [1.54, 1.807) is 24.3 Å². The van der Waals surface area contributed by atoms with Crippen LogP contribution in [0.15, 0.2) is 84.0 Å². The lowest BCUT2D eigenvalue weighted by molar-refractivity contribution is -0.133. The molecule has 27 heavy (non-hydrogen) atoms. The summed E-state index contributed by atoms with van der Waals surface area (Å²) in [5.41, 5.74) is 5.83. The van der Waals surface area contributed by atoms with E-state index in [1.807, 2.05) is 54.6 Å².